The van der Waals surface area contributed by atoms with Crippen LogP contribution in [0.3, 0.4) is 0 Å². The fraction of sp³-hybridized carbons (Fsp3) is 0.429. The second kappa shape index (κ2) is 12.6. The molecule has 0 radical (unpaired) electrons. The Balaban J connectivity index is 1.30. The Morgan fingerprint density at radius 3 is 2.33 bits per heavy atom. The van der Waals surface area contributed by atoms with Crippen molar-refractivity contribution in [1.82, 2.24) is 19.9 Å². The molecule has 2 aromatic carbocycles. The van der Waals surface area contributed by atoms with E-state index in [9.17, 15) is 9.59 Å². The topological polar surface area (TPSA) is 92.2 Å². The molecule has 5 rings (SSSR count). The maximum atomic E-state index is 14.0. The van der Waals surface area contributed by atoms with Gasteiger partial charge >= 0.3 is 0 Å². The molecule has 1 saturated carbocycles. The Morgan fingerprint density at radius 2 is 1.65 bits per heavy atom. The van der Waals surface area contributed by atoms with Crippen LogP contribution in [-0.2, 0) is 17.3 Å². The van der Waals surface area contributed by atoms with E-state index in [0.717, 1.165) is 48.0 Å². The number of aromatic nitrogens is 3. The fourth-order valence-corrected chi connectivity index (χ4v) is 5.99. The molecule has 226 valence electrons. The molecule has 0 aliphatic heterocycles. The molecule has 8 heteroatoms. The second-order valence-electron chi connectivity index (χ2n) is 13.1. The minimum atomic E-state index is -0.584. The maximum absolute atomic E-state index is 14.0. The number of carbonyl (C=O) groups excluding carboxylic acids is 2. The number of aryl methyl sites for hydroxylation is 1. The summed E-state index contributed by atoms with van der Waals surface area (Å²) in [6.07, 6.45) is 7.39. The smallest absolute Gasteiger partial charge is 0.228 e. The Kier molecular flexibility index (Phi) is 8.85. The number of hydrogen-bond acceptors (Lipinski definition) is 6. The zero-order chi connectivity index (χ0) is 30.7. The highest BCUT2D eigenvalue weighted by molar-refractivity contribution is 6.02. The average molecular weight is 581 g/mol. The molecule has 4 aromatic rings. The normalized spacial score (nSPS) is 17.8. The molecular formula is C35H44N6O2. The molecule has 1 fully saturated rings. The highest BCUT2D eigenvalue weighted by Crippen LogP contribution is 2.32. The lowest BCUT2D eigenvalue weighted by atomic mass is 9.85. The summed E-state index contributed by atoms with van der Waals surface area (Å²) in [5.41, 5.74) is 3.76. The maximum Gasteiger partial charge on any atom is 0.228 e. The third-order valence-corrected chi connectivity index (χ3v) is 8.59. The highest BCUT2D eigenvalue weighted by atomic mass is 16.2. The Morgan fingerprint density at radius 1 is 0.977 bits per heavy atom. The number of para-hydroxylation sites is 1. The van der Waals surface area contributed by atoms with Crippen molar-refractivity contribution < 1.29 is 9.59 Å². The van der Waals surface area contributed by atoms with Gasteiger partial charge in [-0.25, -0.2) is 4.98 Å². The first-order valence-corrected chi connectivity index (χ1v) is 15.2. The fourth-order valence-electron chi connectivity index (χ4n) is 5.99. The van der Waals surface area contributed by atoms with Gasteiger partial charge in [0.15, 0.2) is 5.78 Å². The number of nitrogens with one attached hydrogen (secondary N) is 2. The summed E-state index contributed by atoms with van der Waals surface area (Å²) in [7, 11) is 5.91. The molecule has 1 aliphatic carbocycles. The second-order valence-corrected chi connectivity index (χ2v) is 13.1. The molecule has 2 N–H and O–H groups in total. The van der Waals surface area contributed by atoms with E-state index in [2.05, 4.69) is 41.4 Å². The summed E-state index contributed by atoms with van der Waals surface area (Å²) < 4.78 is 2.04. The van der Waals surface area contributed by atoms with Crippen LogP contribution in [0.4, 0.5) is 11.8 Å². The van der Waals surface area contributed by atoms with Crippen LogP contribution < -0.4 is 15.5 Å². The van der Waals surface area contributed by atoms with Crippen LogP contribution in [0.1, 0.15) is 80.3 Å². The van der Waals surface area contributed by atoms with Gasteiger partial charge in [0.25, 0.3) is 0 Å². The summed E-state index contributed by atoms with van der Waals surface area (Å²) in [6, 6.07) is 18.1. The molecule has 1 unspecified atom stereocenters. The molecule has 43 heavy (non-hydrogen) atoms. The van der Waals surface area contributed by atoms with Crippen molar-refractivity contribution in [3.05, 3.63) is 83.7 Å². The van der Waals surface area contributed by atoms with Gasteiger partial charge in [0, 0.05) is 68.5 Å². The van der Waals surface area contributed by atoms with E-state index < -0.39 is 5.92 Å². The first-order chi connectivity index (χ1) is 20.5. The minimum absolute atomic E-state index is 0.00472. The standard InChI is InChI=1S/C35H44N6O2/c1-35(2,3)24-13-11-23(12-14-24)31(42)21-28(29-22-41(6)30-10-8-7-9-27(29)30)33(43)37-25-15-17-26(18-16-25)38-34-36-20-19-32(39-34)40(4)5/h7-14,19-20,22,25-26,28H,15-18,21H2,1-6H3,(H,37,43)(H,36,38,39). The molecule has 0 saturated heterocycles. The number of hydrogen-bond donors (Lipinski definition) is 2. The van der Waals surface area contributed by atoms with Crippen LogP contribution in [0.5, 0.6) is 0 Å². The summed E-state index contributed by atoms with van der Waals surface area (Å²) in [6.45, 7) is 6.47. The van der Waals surface area contributed by atoms with Crippen LogP contribution in [-0.4, -0.2) is 52.4 Å². The van der Waals surface area contributed by atoms with Crippen molar-refractivity contribution in [2.24, 2.45) is 7.05 Å². The number of benzene rings is 2. The van der Waals surface area contributed by atoms with Crippen molar-refractivity contribution in [1.29, 1.82) is 0 Å². The van der Waals surface area contributed by atoms with E-state index in [-0.39, 0.29) is 35.6 Å². The summed E-state index contributed by atoms with van der Waals surface area (Å²) in [4.78, 5) is 38.5. The number of nitrogens with zero attached hydrogens (tertiary/aromatic N) is 4. The lowest BCUT2D eigenvalue weighted by molar-refractivity contribution is -0.123. The number of carbonyl (C=O) groups is 2. The van der Waals surface area contributed by atoms with Crippen molar-refractivity contribution in [3.63, 3.8) is 0 Å². The molecule has 0 spiro atoms. The molecule has 2 aromatic heterocycles. The van der Waals surface area contributed by atoms with E-state index in [1.807, 2.05) is 91.4 Å². The van der Waals surface area contributed by atoms with Crippen molar-refractivity contribution >= 4 is 34.4 Å². The summed E-state index contributed by atoms with van der Waals surface area (Å²) in [5, 5.41) is 7.80. The molecule has 0 bridgehead atoms. The van der Waals surface area contributed by atoms with Crippen molar-refractivity contribution in [2.45, 2.75) is 76.3 Å². The van der Waals surface area contributed by atoms with E-state index >= 15 is 0 Å². The predicted molar refractivity (Wildman–Crippen MR) is 174 cm³/mol. The van der Waals surface area contributed by atoms with Gasteiger partial charge < -0.3 is 20.1 Å². The van der Waals surface area contributed by atoms with Gasteiger partial charge in [-0.15, -0.1) is 0 Å². The van der Waals surface area contributed by atoms with E-state index in [0.29, 0.717) is 11.5 Å². The van der Waals surface area contributed by atoms with Gasteiger partial charge in [-0.3, -0.25) is 9.59 Å². The number of rotatable bonds is 9. The van der Waals surface area contributed by atoms with Crippen LogP contribution in [0.15, 0.2) is 67.0 Å². The molecule has 8 nitrogen and oxygen atoms in total. The predicted octanol–water partition coefficient (Wildman–Crippen LogP) is 6.23. The van der Waals surface area contributed by atoms with Gasteiger partial charge in [0.2, 0.25) is 11.9 Å². The van der Waals surface area contributed by atoms with Gasteiger partial charge in [-0.1, -0.05) is 63.2 Å². The zero-order valence-electron chi connectivity index (χ0n) is 26.2. The number of fused-ring (bicyclic) bond motifs is 1. The summed E-state index contributed by atoms with van der Waals surface area (Å²) >= 11 is 0. The van der Waals surface area contributed by atoms with Crippen LogP contribution in [0, 0.1) is 0 Å². The Hall–Kier alpha value is -4.20. The molecule has 1 aliphatic rings. The SMILES string of the molecule is CN(C)c1ccnc(NC2CCC(NC(=O)C(CC(=O)c3ccc(C(C)(C)C)cc3)c3cn(C)c4ccccc34)CC2)n1. The first kappa shape index (κ1) is 30.3. The average Bonchev–Trinajstić information content (AvgIpc) is 3.32. The van der Waals surface area contributed by atoms with Crippen LogP contribution in [0.2, 0.25) is 0 Å². The van der Waals surface area contributed by atoms with Gasteiger partial charge in [0.1, 0.15) is 5.82 Å². The third-order valence-electron chi connectivity index (χ3n) is 8.59. The van der Waals surface area contributed by atoms with E-state index in [4.69, 9.17) is 0 Å². The van der Waals surface area contributed by atoms with Gasteiger partial charge in [-0.2, -0.15) is 4.98 Å². The Labute approximate surface area is 254 Å². The molecule has 1 atom stereocenters. The van der Waals surface area contributed by atoms with Crippen molar-refractivity contribution in [3.8, 4) is 0 Å². The zero-order valence-corrected chi connectivity index (χ0v) is 26.2. The molecule has 2 heterocycles. The molecule has 1 amide bonds. The lowest BCUT2D eigenvalue weighted by Gasteiger charge is -2.31. The largest absolute Gasteiger partial charge is 0.363 e. The lowest BCUT2D eigenvalue weighted by Crippen LogP contribution is -2.42. The van der Waals surface area contributed by atoms with E-state index in [1.165, 1.54) is 5.56 Å². The monoisotopic (exact) mass is 580 g/mol. The quantitative estimate of drug-likeness (QED) is 0.228. The number of ketones is 1. The van der Waals surface area contributed by atoms with Gasteiger partial charge in [0.05, 0.1) is 5.92 Å². The number of Topliss-reactive ketones (excluding diaryl/α,β-unsaturated/α-hetero) is 1. The van der Waals surface area contributed by atoms with Crippen LogP contribution in [0.25, 0.3) is 10.9 Å². The number of amides is 1. The Bertz CT molecular complexity index is 1580. The van der Waals surface area contributed by atoms with Crippen molar-refractivity contribution in [2.75, 3.05) is 24.3 Å². The number of anilines is 2. The van der Waals surface area contributed by atoms with Gasteiger partial charge in [-0.05, 0) is 54.4 Å². The minimum Gasteiger partial charge on any atom is -0.363 e. The third kappa shape index (κ3) is 7.07. The van der Waals surface area contributed by atoms with E-state index in [1.54, 1.807) is 6.20 Å². The van der Waals surface area contributed by atoms with Crippen LogP contribution >= 0.6 is 0 Å². The summed E-state index contributed by atoms with van der Waals surface area (Å²) in [5.74, 6) is 0.788. The molecular weight excluding hydrogens is 536 g/mol. The highest BCUT2D eigenvalue weighted by Gasteiger charge is 2.31. The first-order valence-electron chi connectivity index (χ1n) is 15.2.